The summed E-state index contributed by atoms with van der Waals surface area (Å²) in [4.78, 5) is 11.9. The molecule has 0 unspecified atom stereocenters. The molecule has 4 heteroatoms. The van der Waals surface area contributed by atoms with E-state index >= 15 is 0 Å². The molecule has 0 amide bonds. The lowest BCUT2D eigenvalue weighted by Crippen LogP contribution is -2.11. The molecule has 0 saturated heterocycles. The van der Waals surface area contributed by atoms with Gasteiger partial charge in [-0.15, -0.1) is 0 Å². The Morgan fingerprint density at radius 2 is 1.79 bits per heavy atom. The van der Waals surface area contributed by atoms with Crippen LogP contribution in [-0.4, -0.2) is 19.5 Å². The fourth-order valence-electron chi connectivity index (χ4n) is 1.57. The highest BCUT2D eigenvalue weighted by Gasteiger charge is 2.07. The van der Waals surface area contributed by atoms with Gasteiger partial charge in [-0.2, -0.15) is 0 Å². The Morgan fingerprint density at radius 1 is 1.11 bits per heavy atom. The minimum absolute atomic E-state index is 0.0212. The van der Waals surface area contributed by atoms with Crippen LogP contribution in [0.15, 0.2) is 48.5 Å². The quantitative estimate of drug-likeness (QED) is 0.783. The normalized spacial score (nSPS) is 10.0. The molecule has 98 valence electrons. The molecule has 2 rings (SSSR count). The molecule has 0 aliphatic carbocycles. The van der Waals surface area contributed by atoms with Gasteiger partial charge in [0.25, 0.3) is 0 Å². The van der Waals surface area contributed by atoms with Gasteiger partial charge in [-0.1, -0.05) is 23.7 Å². The highest BCUT2D eigenvalue weighted by Crippen LogP contribution is 2.17. The Kier molecular flexibility index (Phi) is 4.42. The van der Waals surface area contributed by atoms with E-state index in [1.807, 2.05) is 0 Å². The number of ether oxygens (including phenoxy) is 2. The summed E-state index contributed by atoms with van der Waals surface area (Å²) in [6, 6.07) is 13.9. The molecule has 3 nitrogen and oxygen atoms in total. The maximum absolute atomic E-state index is 11.9. The molecule has 0 saturated carbocycles. The van der Waals surface area contributed by atoms with E-state index in [0.717, 1.165) is 5.75 Å². The van der Waals surface area contributed by atoms with Crippen LogP contribution in [0.4, 0.5) is 0 Å². The van der Waals surface area contributed by atoms with Crippen LogP contribution in [0.2, 0.25) is 5.02 Å². The third-order valence-electron chi connectivity index (χ3n) is 2.58. The van der Waals surface area contributed by atoms with Crippen molar-refractivity contribution >= 4 is 17.4 Å². The SMILES string of the molecule is COc1ccc(OCC(=O)c2cccc(Cl)c2)cc1. The van der Waals surface area contributed by atoms with Crippen LogP contribution in [0, 0.1) is 0 Å². The fourth-order valence-corrected chi connectivity index (χ4v) is 1.76. The van der Waals surface area contributed by atoms with E-state index in [1.165, 1.54) is 0 Å². The second kappa shape index (κ2) is 6.25. The summed E-state index contributed by atoms with van der Waals surface area (Å²) in [6.45, 7) is -0.0212. The zero-order valence-corrected chi connectivity index (χ0v) is 11.2. The van der Waals surface area contributed by atoms with Gasteiger partial charge in [0.05, 0.1) is 7.11 Å². The summed E-state index contributed by atoms with van der Waals surface area (Å²) >= 11 is 5.83. The Hall–Kier alpha value is -2.00. The van der Waals surface area contributed by atoms with Gasteiger partial charge in [0.15, 0.2) is 12.4 Å². The van der Waals surface area contributed by atoms with Crippen molar-refractivity contribution in [3.8, 4) is 11.5 Å². The van der Waals surface area contributed by atoms with Crippen molar-refractivity contribution < 1.29 is 14.3 Å². The number of carbonyl (C=O) groups excluding carboxylic acids is 1. The van der Waals surface area contributed by atoms with E-state index in [-0.39, 0.29) is 12.4 Å². The van der Waals surface area contributed by atoms with Gasteiger partial charge in [-0.25, -0.2) is 0 Å². The lowest BCUT2D eigenvalue weighted by Gasteiger charge is -2.06. The maximum Gasteiger partial charge on any atom is 0.200 e. The summed E-state index contributed by atoms with van der Waals surface area (Å²) < 4.78 is 10.5. The highest BCUT2D eigenvalue weighted by molar-refractivity contribution is 6.31. The lowest BCUT2D eigenvalue weighted by atomic mass is 10.1. The van der Waals surface area contributed by atoms with Gasteiger partial charge in [0, 0.05) is 10.6 Å². The molecule has 0 aliphatic rings. The smallest absolute Gasteiger partial charge is 0.200 e. The third-order valence-corrected chi connectivity index (χ3v) is 2.81. The van der Waals surface area contributed by atoms with E-state index < -0.39 is 0 Å². The highest BCUT2D eigenvalue weighted by atomic mass is 35.5. The first-order chi connectivity index (χ1) is 9.19. The molecule has 0 spiro atoms. The molecule has 0 atom stereocenters. The Balaban J connectivity index is 1.96. The van der Waals surface area contributed by atoms with E-state index in [4.69, 9.17) is 21.1 Å². The third kappa shape index (κ3) is 3.73. The molecule has 0 fully saturated rings. The van der Waals surface area contributed by atoms with E-state index in [2.05, 4.69) is 0 Å². The first-order valence-electron chi connectivity index (χ1n) is 5.74. The molecule has 0 radical (unpaired) electrons. The van der Waals surface area contributed by atoms with Crippen molar-refractivity contribution in [1.29, 1.82) is 0 Å². The van der Waals surface area contributed by atoms with Crippen LogP contribution < -0.4 is 9.47 Å². The summed E-state index contributed by atoms with van der Waals surface area (Å²) in [5.41, 5.74) is 0.543. The van der Waals surface area contributed by atoms with Crippen molar-refractivity contribution in [2.24, 2.45) is 0 Å². The van der Waals surface area contributed by atoms with Crippen molar-refractivity contribution in [3.05, 3.63) is 59.1 Å². The lowest BCUT2D eigenvalue weighted by molar-refractivity contribution is 0.0921. The van der Waals surface area contributed by atoms with E-state index in [1.54, 1.807) is 55.6 Å². The Labute approximate surface area is 116 Å². The van der Waals surface area contributed by atoms with Gasteiger partial charge in [0.1, 0.15) is 11.5 Å². The number of benzene rings is 2. The number of carbonyl (C=O) groups is 1. The first kappa shape index (κ1) is 13.4. The summed E-state index contributed by atoms with van der Waals surface area (Å²) in [5, 5.41) is 0.537. The molecule has 2 aromatic carbocycles. The average Bonchev–Trinajstić information content (AvgIpc) is 2.45. The van der Waals surface area contributed by atoms with Gasteiger partial charge in [0.2, 0.25) is 0 Å². The van der Waals surface area contributed by atoms with Crippen LogP contribution in [-0.2, 0) is 0 Å². The predicted octanol–water partition coefficient (Wildman–Crippen LogP) is 3.61. The van der Waals surface area contributed by atoms with Crippen LogP contribution in [0.3, 0.4) is 0 Å². The second-order valence-corrected chi connectivity index (χ2v) is 4.33. The number of ketones is 1. The van der Waals surface area contributed by atoms with E-state index in [9.17, 15) is 4.79 Å². The van der Waals surface area contributed by atoms with Crippen LogP contribution in [0.1, 0.15) is 10.4 Å². The molecule has 0 N–H and O–H groups in total. The van der Waals surface area contributed by atoms with Gasteiger partial charge in [-0.05, 0) is 36.4 Å². The molecule has 0 bridgehead atoms. The number of hydrogen-bond acceptors (Lipinski definition) is 3. The molecule has 2 aromatic rings. The van der Waals surface area contributed by atoms with Gasteiger partial charge < -0.3 is 9.47 Å². The number of Topliss-reactive ketones (excluding diaryl/α,β-unsaturated/α-hetero) is 1. The van der Waals surface area contributed by atoms with E-state index in [0.29, 0.717) is 16.3 Å². The van der Waals surface area contributed by atoms with Crippen LogP contribution in [0.25, 0.3) is 0 Å². The Morgan fingerprint density at radius 3 is 2.42 bits per heavy atom. The van der Waals surface area contributed by atoms with Crippen molar-refractivity contribution in [2.45, 2.75) is 0 Å². The summed E-state index contributed by atoms with van der Waals surface area (Å²) in [5.74, 6) is 1.25. The maximum atomic E-state index is 11.9. The van der Waals surface area contributed by atoms with Crippen LogP contribution >= 0.6 is 11.6 Å². The minimum Gasteiger partial charge on any atom is -0.497 e. The average molecular weight is 277 g/mol. The zero-order valence-electron chi connectivity index (χ0n) is 10.4. The summed E-state index contributed by atoms with van der Waals surface area (Å²) in [6.07, 6.45) is 0. The first-order valence-corrected chi connectivity index (χ1v) is 6.12. The van der Waals surface area contributed by atoms with Crippen LogP contribution in [0.5, 0.6) is 11.5 Å². The topological polar surface area (TPSA) is 35.5 Å². The largest absolute Gasteiger partial charge is 0.497 e. The monoisotopic (exact) mass is 276 g/mol. The second-order valence-electron chi connectivity index (χ2n) is 3.90. The fraction of sp³-hybridized carbons (Fsp3) is 0.133. The van der Waals surface area contributed by atoms with Gasteiger partial charge in [-0.3, -0.25) is 4.79 Å². The molecule has 0 aliphatic heterocycles. The van der Waals surface area contributed by atoms with Crippen molar-refractivity contribution in [3.63, 3.8) is 0 Å². The number of hydrogen-bond donors (Lipinski definition) is 0. The van der Waals surface area contributed by atoms with Crippen molar-refractivity contribution in [2.75, 3.05) is 13.7 Å². The number of halogens is 1. The summed E-state index contributed by atoms with van der Waals surface area (Å²) in [7, 11) is 1.60. The minimum atomic E-state index is -0.113. The standard InChI is InChI=1S/C15H13ClO3/c1-18-13-5-7-14(8-6-13)19-10-15(17)11-3-2-4-12(16)9-11/h2-9H,10H2,1H3. The molecular formula is C15H13ClO3. The zero-order chi connectivity index (χ0) is 13.7. The molecule has 19 heavy (non-hydrogen) atoms. The predicted molar refractivity (Wildman–Crippen MR) is 74.3 cm³/mol. The molecule has 0 aromatic heterocycles. The van der Waals surface area contributed by atoms with Crippen molar-refractivity contribution in [1.82, 2.24) is 0 Å². The molecular weight excluding hydrogens is 264 g/mol. The number of rotatable bonds is 5. The number of methoxy groups -OCH3 is 1. The Bertz CT molecular complexity index is 564. The van der Waals surface area contributed by atoms with Gasteiger partial charge >= 0.3 is 0 Å². The molecule has 0 heterocycles.